The molecule has 4 nitrogen and oxygen atoms in total. The number of aromatic nitrogens is 1. The molecule has 1 aromatic carbocycles. The van der Waals surface area contributed by atoms with Gasteiger partial charge >= 0.3 is 0 Å². The fourth-order valence-electron chi connectivity index (χ4n) is 2.20. The van der Waals surface area contributed by atoms with E-state index >= 15 is 0 Å². The van der Waals surface area contributed by atoms with E-state index in [0.29, 0.717) is 6.54 Å². The lowest BCUT2D eigenvalue weighted by molar-refractivity contribution is -0.109. The van der Waals surface area contributed by atoms with Crippen molar-refractivity contribution in [3.05, 3.63) is 30.0 Å². The van der Waals surface area contributed by atoms with Gasteiger partial charge in [0.2, 0.25) is 6.41 Å². The maximum absolute atomic E-state index is 10.3. The van der Waals surface area contributed by atoms with Gasteiger partial charge in [0.15, 0.2) is 0 Å². The van der Waals surface area contributed by atoms with Crippen LogP contribution >= 0.6 is 0 Å². The molecule has 96 valence electrons. The normalized spacial score (nSPS) is 10.6. The molecule has 0 saturated heterocycles. The second kappa shape index (κ2) is 5.58. The quantitative estimate of drug-likeness (QED) is 0.625. The van der Waals surface area contributed by atoms with Crippen LogP contribution in [0.25, 0.3) is 10.9 Å². The number of hydrogen-bond acceptors (Lipinski definition) is 2. The van der Waals surface area contributed by atoms with Gasteiger partial charge in [-0.3, -0.25) is 4.79 Å². The van der Waals surface area contributed by atoms with E-state index in [4.69, 9.17) is 4.74 Å². The smallest absolute Gasteiger partial charge is 0.207 e. The summed E-state index contributed by atoms with van der Waals surface area (Å²) in [5, 5.41) is 3.89. The number of nitrogens with zero attached hydrogens (tertiary/aromatic N) is 1. The molecule has 1 amide bonds. The van der Waals surface area contributed by atoms with Crippen LogP contribution in [0.2, 0.25) is 0 Å². The van der Waals surface area contributed by atoms with E-state index in [1.807, 2.05) is 6.07 Å². The predicted octanol–water partition coefficient (Wildman–Crippen LogP) is 1.96. The lowest BCUT2D eigenvalue weighted by Crippen LogP contribution is -2.14. The number of rotatable bonds is 6. The molecule has 0 aliphatic heterocycles. The van der Waals surface area contributed by atoms with Crippen LogP contribution in [0.1, 0.15) is 12.5 Å². The summed E-state index contributed by atoms with van der Waals surface area (Å²) in [7, 11) is 1.67. The Balaban J connectivity index is 2.40. The third kappa shape index (κ3) is 2.32. The number of nitrogens with one attached hydrogen (secondary N) is 1. The van der Waals surface area contributed by atoms with Crippen molar-refractivity contribution in [1.29, 1.82) is 0 Å². The van der Waals surface area contributed by atoms with Crippen LogP contribution in [-0.4, -0.2) is 24.6 Å². The van der Waals surface area contributed by atoms with Gasteiger partial charge in [0.05, 0.1) is 7.11 Å². The molecule has 18 heavy (non-hydrogen) atoms. The van der Waals surface area contributed by atoms with E-state index in [2.05, 4.69) is 35.1 Å². The first-order valence-electron chi connectivity index (χ1n) is 6.13. The van der Waals surface area contributed by atoms with Crippen LogP contribution in [0, 0.1) is 0 Å². The highest BCUT2D eigenvalue weighted by molar-refractivity contribution is 5.85. The van der Waals surface area contributed by atoms with Crippen LogP contribution in [0.5, 0.6) is 5.75 Å². The van der Waals surface area contributed by atoms with Crippen molar-refractivity contribution in [3.8, 4) is 5.75 Å². The molecule has 0 aliphatic rings. The number of ether oxygens (including phenoxy) is 1. The molecule has 2 aromatic rings. The summed E-state index contributed by atoms with van der Waals surface area (Å²) in [6.45, 7) is 3.71. The Morgan fingerprint density at radius 3 is 2.94 bits per heavy atom. The van der Waals surface area contributed by atoms with Gasteiger partial charge in [0, 0.05) is 30.2 Å². The third-order valence-electron chi connectivity index (χ3n) is 3.13. The Morgan fingerprint density at radius 2 is 2.28 bits per heavy atom. The molecule has 0 bridgehead atoms. The standard InChI is InChI=1S/C14H18N2O2/c1-3-16-9-11(6-7-15-10-17)13-8-12(18-2)4-5-14(13)16/h4-5,8-10H,3,6-7H2,1-2H3,(H,15,17). The summed E-state index contributed by atoms with van der Waals surface area (Å²) in [5.74, 6) is 0.862. The lowest BCUT2D eigenvalue weighted by atomic mass is 10.1. The fraction of sp³-hybridized carbons (Fsp3) is 0.357. The van der Waals surface area contributed by atoms with Crippen molar-refractivity contribution < 1.29 is 9.53 Å². The average molecular weight is 246 g/mol. The number of carbonyl (C=O) groups excluding carboxylic acids is 1. The molecule has 1 N–H and O–H groups in total. The first kappa shape index (κ1) is 12.5. The van der Waals surface area contributed by atoms with Crippen molar-refractivity contribution in [2.45, 2.75) is 19.9 Å². The van der Waals surface area contributed by atoms with Gasteiger partial charge in [-0.15, -0.1) is 0 Å². The molecular weight excluding hydrogens is 228 g/mol. The zero-order valence-electron chi connectivity index (χ0n) is 10.8. The summed E-state index contributed by atoms with van der Waals surface area (Å²) in [4.78, 5) is 10.3. The van der Waals surface area contributed by atoms with Crippen molar-refractivity contribution in [3.63, 3.8) is 0 Å². The summed E-state index contributed by atoms with van der Waals surface area (Å²) in [6.07, 6.45) is 3.71. The van der Waals surface area contributed by atoms with Crippen molar-refractivity contribution in [1.82, 2.24) is 9.88 Å². The maximum atomic E-state index is 10.3. The summed E-state index contributed by atoms with van der Waals surface area (Å²) in [5.41, 5.74) is 2.44. The Bertz CT molecular complexity index is 546. The molecule has 0 fully saturated rings. The number of amides is 1. The van der Waals surface area contributed by atoms with Crippen LogP contribution in [-0.2, 0) is 17.8 Å². The molecule has 0 spiro atoms. The second-order valence-electron chi connectivity index (χ2n) is 4.15. The number of fused-ring (bicyclic) bond motifs is 1. The highest BCUT2D eigenvalue weighted by atomic mass is 16.5. The first-order chi connectivity index (χ1) is 8.80. The fourth-order valence-corrected chi connectivity index (χ4v) is 2.20. The minimum absolute atomic E-state index is 0.656. The molecule has 0 radical (unpaired) electrons. The number of carbonyl (C=O) groups is 1. The SMILES string of the molecule is CCn1cc(CCNC=O)c2cc(OC)ccc21. The Hall–Kier alpha value is -1.97. The topological polar surface area (TPSA) is 43.3 Å². The molecule has 0 saturated carbocycles. The predicted molar refractivity (Wildman–Crippen MR) is 71.9 cm³/mol. The van der Waals surface area contributed by atoms with Gasteiger partial charge in [0.25, 0.3) is 0 Å². The van der Waals surface area contributed by atoms with Crippen LogP contribution in [0.4, 0.5) is 0 Å². The molecule has 1 aromatic heterocycles. The van der Waals surface area contributed by atoms with Gasteiger partial charge in [-0.05, 0) is 37.1 Å². The maximum Gasteiger partial charge on any atom is 0.207 e. The Kier molecular flexibility index (Phi) is 3.87. The lowest BCUT2D eigenvalue weighted by Gasteiger charge is -2.03. The van der Waals surface area contributed by atoms with Crippen LogP contribution < -0.4 is 10.1 Å². The van der Waals surface area contributed by atoms with Gasteiger partial charge in [-0.2, -0.15) is 0 Å². The average Bonchev–Trinajstić information content (AvgIpc) is 2.76. The Labute approximate surface area is 107 Å². The zero-order chi connectivity index (χ0) is 13.0. The highest BCUT2D eigenvalue weighted by Gasteiger charge is 2.08. The van der Waals surface area contributed by atoms with Gasteiger partial charge < -0.3 is 14.6 Å². The number of hydrogen-bond donors (Lipinski definition) is 1. The van der Waals surface area contributed by atoms with Gasteiger partial charge in [0.1, 0.15) is 5.75 Å². The molecule has 0 unspecified atom stereocenters. The third-order valence-corrected chi connectivity index (χ3v) is 3.13. The monoisotopic (exact) mass is 246 g/mol. The largest absolute Gasteiger partial charge is 0.497 e. The second-order valence-corrected chi connectivity index (χ2v) is 4.15. The van der Waals surface area contributed by atoms with Crippen molar-refractivity contribution in [2.24, 2.45) is 0 Å². The molecule has 0 atom stereocenters. The number of aryl methyl sites for hydroxylation is 1. The summed E-state index contributed by atoms with van der Waals surface area (Å²) < 4.78 is 7.48. The minimum atomic E-state index is 0.656. The highest BCUT2D eigenvalue weighted by Crippen LogP contribution is 2.26. The Morgan fingerprint density at radius 1 is 1.44 bits per heavy atom. The van der Waals surface area contributed by atoms with E-state index < -0.39 is 0 Å². The zero-order valence-corrected chi connectivity index (χ0v) is 10.8. The van der Waals surface area contributed by atoms with Crippen molar-refractivity contribution >= 4 is 17.3 Å². The molecule has 1 heterocycles. The minimum Gasteiger partial charge on any atom is -0.497 e. The van der Waals surface area contributed by atoms with E-state index in [9.17, 15) is 4.79 Å². The van der Waals surface area contributed by atoms with E-state index in [-0.39, 0.29) is 0 Å². The van der Waals surface area contributed by atoms with Crippen LogP contribution in [0.15, 0.2) is 24.4 Å². The molecule has 4 heteroatoms. The van der Waals surface area contributed by atoms with Gasteiger partial charge in [-0.25, -0.2) is 0 Å². The summed E-state index contributed by atoms with van der Waals surface area (Å²) in [6, 6.07) is 6.11. The molecular formula is C14H18N2O2. The van der Waals surface area contributed by atoms with E-state index in [1.54, 1.807) is 7.11 Å². The van der Waals surface area contributed by atoms with Crippen molar-refractivity contribution in [2.75, 3.05) is 13.7 Å². The molecule has 0 aliphatic carbocycles. The van der Waals surface area contributed by atoms with Gasteiger partial charge in [-0.1, -0.05) is 0 Å². The first-order valence-corrected chi connectivity index (χ1v) is 6.13. The molecule has 2 rings (SSSR count). The summed E-state index contributed by atoms with van der Waals surface area (Å²) >= 11 is 0. The number of methoxy groups -OCH3 is 1. The van der Waals surface area contributed by atoms with E-state index in [0.717, 1.165) is 25.1 Å². The van der Waals surface area contributed by atoms with E-state index in [1.165, 1.54) is 16.5 Å². The number of benzene rings is 1. The van der Waals surface area contributed by atoms with Crippen LogP contribution in [0.3, 0.4) is 0 Å².